The van der Waals surface area contributed by atoms with Crippen LogP contribution in [-0.2, 0) is 0 Å². The van der Waals surface area contributed by atoms with E-state index in [1.165, 1.54) is 32.9 Å². The van der Waals surface area contributed by atoms with Crippen molar-refractivity contribution in [2.45, 2.75) is 6.92 Å². The SMILES string of the molecule is Cc1cn(-c2cccc3ccccc23)c2ccccc12. The van der Waals surface area contributed by atoms with E-state index in [2.05, 4.69) is 84.4 Å². The molecule has 0 saturated heterocycles. The molecule has 4 aromatic rings. The van der Waals surface area contributed by atoms with Crippen molar-refractivity contribution in [2.24, 2.45) is 0 Å². The van der Waals surface area contributed by atoms with Gasteiger partial charge in [0.05, 0.1) is 11.2 Å². The molecule has 0 atom stereocenters. The molecule has 0 radical (unpaired) electrons. The van der Waals surface area contributed by atoms with Crippen LogP contribution in [0.25, 0.3) is 27.4 Å². The van der Waals surface area contributed by atoms with Crippen molar-refractivity contribution < 1.29 is 0 Å². The molecule has 0 aliphatic rings. The minimum Gasteiger partial charge on any atom is -0.316 e. The third-order valence-corrected chi connectivity index (χ3v) is 3.94. The van der Waals surface area contributed by atoms with Gasteiger partial charge in [-0.2, -0.15) is 0 Å². The van der Waals surface area contributed by atoms with Crippen LogP contribution in [0.15, 0.2) is 72.9 Å². The highest BCUT2D eigenvalue weighted by atomic mass is 15.0. The first-order valence-electron chi connectivity index (χ1n) is 6.89. The molecule has 1 heterocycles. The molecule has 0 bridgehead atoms. The second kappa shape index (κ2) is 4.24. The van der Waals surface area contributed by atoms with E-state index in [4.69, 9.17) is 0 Å². The highest BCUT2D eigenvalue weighted by Crippen LogP contribution is 2.28. The van der Waals surface area contributed by atoms with E-state index < -0.39 is 0 Å². The first-order chi connectivity index (χ1) is 9.84. The van der Waals surface area contributed by atoms with Gasteiger partial charge in [0.2, 0.25) is 0 Å². The number of aryl methyl sites for hydroxylation is 1. The number of benzene rings is 3. The van der Waals surface area contributed by atoms with Crippen LogP contribution in [-0.4, -0.2) is 4.57 Å². The van der Waals surface area contributed by atoms with Gasteiger partial charge in [-0.05, 0) is 30.0 Å². The van der Waals surface area contributed by atoms with Crippen molar-refractivity contribution in [3.63, 3.8) is 0 Å². The molecule has 1 aromatic heterocycles. The van der Waals surface area contributed by atoms with Gasteiger partial charge in [-0.3, -0.25) is 0 Å². The highest BCUT2D eigenvalue weighted by molar-refractivity contribution is 5.93. The number of aromatic nitrogens is 1. The molecule has 0 N–H and O–H groups in total. The Morgan fingerprint density at radius 1 is 0.700 bits per heavy atom. The number of hydrogen-bond donors (Lipinski definition) is 0. The van der Waals surface area contributed by atoms with Crippen LogP contribution >= 0.6 is 0 Å². The van der Waals surface area contributed by atoms with E-state index >= 15 is 0 Å². The van der Waals surface area contributed by atoms with Crippen LogP contribution in [0.2, 0.25) is 0 Å². The smallest absolute Gasteiger partial charge is 0.0534 e. The van der Waals surface area contributed by atoms with E-state index in [1.54, 1.807) is 0 Å². The van der Waals surface area contributed by atoms with Crippen molar-refractivity contribution in [1.29, 1.82) is 0 Å². The van der Waals surface area contributed by atoms with Gasteiger partial charge in [-0.15, -0.1) is 0 Å². The van der Waals surface area contributed by atoms with Gasteiger partial charge in [0.25, 0.3) is 0 Å². The summed E-state index contributed by atoms with van der Waals surface area (Å²) in [6.07, 6.45) is 2.23. The number of nitrogens with zero attached hydrogens (tertiary/aromatic N) is 1. The van der Waals surface area contributed by atoms with E-state index in [1.807, 2.05) is 0 Å². The van der Waals surface area contributed by atoms with Crippen LogP contribution in [0, 0.1) is 6.92 Å². The second-order valence-electron chi connectivity index (χ2n) is 5.20. The molecule has 1 heteroatoms. The molecule has 4 rings (SSSR count). The predicted octanol–water partition coefficient (Wildman–Crippen LogP) is 5.09. The van der Waals surface area contributed by atoms with Gasteiger partial charge in [0.15, 0.2) is 0 Å². The summed E-state index contributed by atoms with van der Waals surface area (Å²) in [6.45, 7) is 2.17. The molecule has 1 nitrogen and oxygen atoms in total. The third kappa shape index (κ3) is 1.56. The molecule has 0 aliphatic carbocycles. The minimum absolute atomic E-state index is 1.24. The fourth-order valence-corrected chi connectivity index (χ4v) is 2.97. The number of rotatable bonds is 1. The number of fused-ring (bicyclic) bond motifs is 2. The molecule has 0 spiro atoms. The van der Waals surface area contributed by atoms with Crippen molar-refractivity contribution in [2.75, 3.05) is 0 Å². The zero-order valence-corrected chi connectivity index (χ0v) is 11.4. The molecule has 0 saturated carbocycles. The number of hydrogen-bond acceptors (Lipinski definition) is 0. The molecule has 0 amide bonds. The molecule has 3 aromatic carbocycles. The zero-order chi connectivity index (χ0) is 13.5. The standard InChI is InChI=1S/C19H15N/c1-14-13-20(18-11-5-4-9-16(14)18)19-12-6-8-15-7-2-3-10-17(15)19/h2-13H,1H3. The quantitative estimate of drug-likeness (QED) is 0.447. The summed E-state index contributed by atoms with van der Waals surface area (Å²) in [5, 5.41) is 3.89. The Labute approximate surface area is 118 Å². The Balaban J connectivity index is 2.12. The largest absolute Gasteiger partial charge is 0.316 e. The first kappa shape index (κ1) is 11.3. The lowest BCUT2D eigenvalue weighted by Crippen LogP contribution is -1.92. The van der Waals surface area contributed by atoms with E-state index in [0.717, 1.165) is 0 Å². The fourth-order valence-electron chi connectivity index (χ4n) is 2.97. The summed E-state index contributed by atoms with van der Waals surface area (Å²) in [7, 11) is 0. The van der Waals surface area contributed by atoms with E-state index in [-0.39, 0.29) is 0 Å². The van der Waals surface area contributed by atoms with E-state index in [0.29, 0.717) is 0 Å². The molecule has 0 unspecified atom stereocenters. The topological polar surface area (TPSA) is 4.93 Å². The Morgan fingerprint density at radius 3 is 2.30 bits per heavy atom. The van der Waals surface area contributed by atoms with Crippen LogP contribution < -0.4 is 0 Å². The third-order valence-electron chi connectivity index (χ3n) is 3.94. The molecular weight excluding hydrogens is 242 g/mol. The summed E-state index contributed by atoms with van der Waals surface area (Å²) in [6, 6.07) is 23.6. The summed E-state index contributed by atoms with van der Waals surface area (Å²) in [5.41, 5.74) is 3.82. The van der Waals surface area contributed by atoms with Crippen molar-refractivity contribution in [1.82, 2.24) is 4.57 Å². The molecule has 96 valence electrons. The van der Waals surface area contributed by atoms with Crippen LogP contribution in [0.1, 0.15) is 5.56 Å². The van der Waals surface area contributed by atoms with Crippen LogP contribution in [0.5, 0.6) is 0 Å². The van der Waals surface area contributed by atoms with Gasteiger partial charge in [0.1, 0.15) is 0 Å². The molecule has 0 aliphatic heterocycles. The monoisotopic (exact) mass is 257 g/mol. The summed E-state index contributed by atoms with van der Waals surface area (Å²) in [4.78, 5) is 0. The Hall–Kier alpha value is -2.54. The van der Waals surface area contributed by atoms with Gasteiger partial charge < -0.3 is 4.57 Å². The maximum absolute atomic E-state index is 2.30. The Morgan fingerprint density at radius 2 is 1.40 bits per heavy atom. The number of para-hydroxylation sites is 1. The lowest BCUT2D eigenvalue weighted by Gasteiger charge is -2.09. The average Bonchev–Trinajstić information content (AvgIpc) is 2.84. The maximum atomic E-state index is 2.30. The van der Waals surface area contributed by atoms with Crippen molar-refractivity contribution >= 4 is 21.7 Å². The lowest BCUT2D eigenvalue weighted by molar-refractivity contribution is 1.13. The second-order valence-corrected chi connectivity index (χ2v) is 5.20. The first-order valence-corrected chi connectivity index (χ1v) is 6.89. The van der Waals surface area contributed by atoms with Gasteiger partial charge >= 0.3 is 0 Å². The average molecular weight is 257 g/mol. The molecule has 0 fully saturated rings. The zero-order valence-electron chi connectivity index (χ0n) is 11.4. The fraction of sp³-hybridized carbons (Fsp3) is 0.0526. The summed E-state index contributed by atoms with van der Waals surface area (Å²) < 4.78 is 2.30. The molecule has 20 heavy (non-hydrogen) atoms. The normalized spacial score (nSPS) is 11.2. The highest BCUT2D eigenvalue weighted by Gasteiger charge is 2.08. The van der Waals surface area contributed by atoms with Gasteiger partial charge in [0, 0.05) is 17.0 Å². The predicted molar refractivity (Wildman–Crippen MR) is 85.5 cm³/mol. The molecular formula is C19H15N. The summed E-state index contributed by atoms with van der Waals surface area (Å²) >= 11 is 0. The van der Waals surface area contributed by atoms with Crippen molar-refractivity contribution in [3.05, 3.63) is 78.5 Å². The van der Waals surface area contributed by atoms with Crippen molar-refractivity contribution in [3.8, 4) is 5.69 Å². The van der Waals surface area contributed by atoms with Gasteiger partial charge in [-0.25, -0.2) is 0 Å². The van der Waals surface area contributed by atoms with Gasteiger partial charge in [-0.1, -0.05) is 54.6 Å². The Bertz CT molecular complexity index is 910. The Kier molecular flexibility index (Phi) is 2.40. The lowest BCUT2D eigenvalue weighted by atomic mass is 10.1. The van der Waals surface area contributed by atoms with Crippen LogP contribution in [0.4, 0.5) is 0 Å². The minimum atomic E-state index is 1.24. The maximum Gasteiger partial charge on any atom is 0.0534 e. The van der Waals surface area contributed by atoms with Crippen LogP contribution in [0.3, 0.4) is 0 Å². The summed E-state index contributed by atoms with van der Waals surface area (Å²) in [5.74, 6) is 0. The van der Waals surface area contributed by atoms with E-state index in [9.17, 15) is 0 Å².